The second kappa shape index (κ2) is 3.01. The lowest BCUT2D eigenvalue weighted by Crippen LogP contribution is -1.71. The third-order valence-electron chi connectivity index (χ3n) is 1.53. The highest BCUT2D eigenvalue weighted by Gasteiger charge is 2.07. The highest BCUT2D eigenvalue weighted by atomic mass is 79.9. The van der Waals surface area contributed by atoms with Crippen molar-refractivity contribution in [3.05, 3.63) is 26.2 Å². The van der Waals surface area contributed by atoms with E-state index >= 15 is 0 Å². The van der Waals surface area contributed by atoms with Crippen LogP contribution in [0.1, 0.15) is 0 Å². The molecule has 2 rings (SSSR count). The van der Waals surface area contributed by atoms with Crippen LogP contribution in [-0.4, -0.2) is 10.2 Å². The number of benzene rings is 1. The van der Waals surface area contributed by atoms with Crippen LogP contribution in [0.15, 0.2) is 21.1 Å². The maximum absolute atomic E-state index is 5.87. The summed E-state index contributed by atoms with van der Waals surface area (Å²) in [6, 6.07) is 3.84. The van der Waals surface area contributed by atoms with Gasteiger partial charge in [0.1, 0.15) is 5.15 Å². The first kappa shape index (κ1) is 8.53. The van der Waals surface area contributed by atoms with Gasteiger partial charge in [-0.15, -0.1) is 0 Å². The lowest BCUT2D eigenvalue weighted by atomic mass is 10.3. The Morgan fingerprint density at radius 3 is 2.83 bits per heavy atom. The van der Waals surface area contributed by atoms with Crippen molar-refractivity contribution in [2.45, 2.75) is 0 Å². The highest BCUT2D eigenvalue weighted by Crippen LogP contribution is 2.31. The maximum Gasteiger partial charge on any atom is 0.133 e. The standard InChI is InChI=1S/C7H3Br2ClN2/c8-3-1-4(9)6-5(2-3)11-12-7(6)10/h1-2H,(H,11,12). The summed E-state index contributed by atoms with van der Waals surface area (Å²) in [5.41, 5.74) is 0.848. The van der Waals surface area contributed by atoms with Gasteiger partial charge in [-0.1, -0.05) is 27.5 Å². The van der Waals surface area contributed by atoms with Crippen molar-refractivity contribution in [2.24, 2.45) is 0 Å². The van der Waals surface area contributed by atoms with Gasteiger partial charge in [0.05, 0.1) is 10.9 Å². The lowest BCUT2D eigenvalue weighted by Gasteiger charge is -1.94. The van der Waals surface area contributed by atoms with Gasteiger partial charge in [0.2, 0.25) is 0 Å². The Kier molecular flexibility index (Phi) is 2.14. The molecule has 62 valence electrons. The molecule has 1 N–H and O–H groups in total. The van der Waals surface area contributed by atoms with Crippen LogP contribution in [-0.2, 0) is 0 Å². The van der Waals surface area contributed by atoms with E-state index < -0.39 is 0 Å². The number of hydrogen-bond acceptors (Lipinski definition) is 1. The van der Waals surface area contributed by atoms with E-state index in [1.165, 1.54) is 0 Å². The Morgan fingerprint density at radius 1 is 1.33 bits per heavy atom. The van der Waals surface area contributed by atoms with Crippen LogP contribution < -0.4 is 0 Å². The predicted molar refractivity (Wildman–Crippen MR) is 56.5 cm³/mol. The fourth-order valence-corrected chi connectivity index (χ4v) is 2.79. The normalized spacial score (nSPS) is 10.9. The van der Waals surface area contributed by atoms with Crippen LogP contribution in [0.4, 0.5) is 0 Å². The minimum atomic E-state index is 0.560. The van der Waals surface area contributed by atoms with E-state index in [-0.39, 0.29) is 0 Å². The second-order valence-corrected chi connectivity index (χ2v) is 4.47. The molecule has 1 aromatic carbocycles. The molecule has 0 amide bonds. The van der Waals surface area contributed by atoms with Crippen molar-refractivity contribution in [2.75, 3.05) is 0 Å². The Morgan fingerprint density at radius 2 is 2.08 bits per heavy atom. The number of fused-ring (bicyclic) bond motifs is 1. The van der Waals surface area contributed by atoms with Crippen LogP contribution in [0.25, 0.3) is 10.9 Å². The van der Waals surface area contributed by atoms with E-state index in [0.29, 0.717) is 5.15 Å². The summed E-state index contributed by atoms with van der Waals surface area (Å²) in [6.07, 6.45) is 0. The summed E-state index contributed by atoms with van der Waals surface area (Å²) in [5.74, 6) is 0. The number of nitrogens with one attached hydrogen (secondary N) is 1. The third-order valence-corrected chi connectivity index (χ3v) is 2.88. The first-order valence-electron chi connectivity index (χ1n) is 3.17. The third kappa shape index (κ3) is 1.28. The predicted octanol–water partition coefficient (Wildman–Crippen LogP) is 3.74. The van der Waals surface area contributed by atoms with E-state index in [9.17, 15) is 0 Å². The van der Waals surface area contributed by atoms with Crippen molar-refractivity contribution < 1.29 is 0 Å². The summed E-state index contributed by atoms with van der Waals surface area (Å²) in [6.45, 7) is 0. The Hall–Kier alpha value is -0.0600. The van der Waals surface area contributed by atoms with E-state index in [1.54, 1.807) is 0 Å². The second-order valence-electron chi connectivity index (χ2n) is 2.32. The van der Waals surface area contributed by atoms with Crippen molar-refractivity contribution in [1.29, 1.82) is 0 Å². The largest absolute Gasteiger partial charge is 0.266 e. The Balaban J connectivity index is 2.93. The minimum absolute atomic E-state index is 0.560. The quantitative estimate of drug-likeness (QED) is 0.789. The highest BCUT2D eigenvalue weighted by molar-refractivity contribution is 9.11. The molecule has 0 aliphatic rings. The van der Waals surface area contributed by atoms with Gasteiger partial charge in [0.25, 0.3) is 0 Å². The molecule has 0 unspecified atom stereocenters. The minimum Gasteiger partial charge on any atom is -0.266 e. The number of rotatable bonds is 0. The fraction of sp³-hybridized carbons (Fsp3) is 0. The topological polar surface area (TPSA) is 28.7 Å². The first-order chi connectivity index (χ1) is 5.68. The molecule has 2 aromatic rings. The van der Waals surface area contributed by atoms with Crippen LogP contribution in [0, 0.1) is 0 Å². The van der Waals surface area contributed by atoms with Crippen LogP contribution in [0.3, 0.4) is 0 Å². The fourth-order valence-electron chi connectivity index (χ4n) is 1.03. The van der Waals surface area contributed by atoms with E-state index in [4.69, 9.17) is 11.6 Å². The average Bonchev–Trinajstić information content (AvgIpc) is 2.31. The average molecular weight is 310 g/mol. The van der Waals surface area contributed by atoms with Gasteiger partial charge in [0.15, 0.2) is 0 Å². The Labute approximate surface area is 90.5 Å². The molecule has 0 saturated heterocycles. The molecule has 5 heteroatoms. The smallest absolute Gasteiger partial charge is 0.133 e. The van der Waals surface area contributed by atoms with Crippen LogP contribution >= 0.6 is 43.5 Å². The molecule has 12 heavy (non-hydrogen) atoms. The molecule has 0 atom stereocenters. The molecule has 1 aromatic heterocycles. The molecule has 2 nitrogen and oxygen atoms in total. The lowest BCUT2D eigenvalue weighted by molar-refractivity contribution is 1.12. The van der Waals surface area contributed by atoms with Gasteiger partial charge in [-0.05, 0) is 28.1 Å². The van der Waals surface area contributed by atoms with E-state index in [0.717, 1.165) is 19.8 Å². The zero-order valence-electron chi connectivity index (χ0n) is 5.74. The molecule has 0 aliphatic carbocycles. The first-order valence-corrected chi connectivity index (χ1v) is 5.13. The molecule has 0 radical (unpaired) electrons. The van der Waals surface area contributed by atoms with Gasteiger partial charge in [-0.25, -0.2) is 0 Å². The monoisotopic (exact) mass is 308 g/mol. The summed E-state index contributed by atoms with van der Waals surface area (Å²) in [4.78, 5) is 0. The summed E-state index contributed by atoms with van der Waals surface area (Å²) in [5, 5.41) is 8.21. The molecule has 0 bridgehead atoms. The van der Waals surface area contributed by atoms with Gasteiger partial charge >= 0.3 is 0 Å². The van der Waals surface area contributed by atoms with Gasteiger partial charge in [0, 0.05) is 8.95 Å². The van der Waals surface area contributed by atoms with Crippen molar-refractivity contribution in [3.8, 4) is 0 Å². The number of aromatic nitrogens is 2. The number of halogens is 3. The molecular weight excluding hydrogens is 307 g/mol. The zero-order valence-corrected chi connectivity index (χ0v) is 9.66. The molecule has 1 heterocycles. The summed E-state index contributed by atoms with van der Waals surface area (Å²) in [7, 11) is 0. The molecule has 0 spiro atoms. The zero-order chi connectivity index (χ0) is 8.72. The number of aromatic amines is 1. The van der Waals surface area contributed by atoms with Crippen molar-refractivity contribution in [3.63, 3.8) is 0 Å². The van der Waals surface area contributed by atoms with Gasteiger partial charge in [-0.2, -0.15) is 5.10 Å². The molecule has 0 aliphatic heterocycles. The van der Waals surface area contributed by atoms with E-state index in [1.807, 2.05) is 12.1 Å². The number of H-pyrrole nitrogens is 1. The van der Waals surface area contributed by atoms with Crippen molar-refractivity contribution >= 4 is 54.4 Å². The SMILES string of the molecule is Clc1[nH]nc2cc(Br)cc(Br)c12. The Bertz CT molecular complexity index is 438. The number of hydrogen-bond donors (Lipinski definition) is 1. The molecule has 0 saturated carbocycles. The summed E-state index contributed by atoms with van der Waals surface area (Å²) >= 11 is 12.6. The van der Waals surface area contributed by atoms with Gasteiger partial charge < -0.3 is 0 Å². The molecular formula is C7H3Br2ClN2. The number of nitrogens with zero attached hydrogens (tertiary/aromatic N) is 1. The van der Waals surface area contributed by atoms with Gasteiger partial charge in [-0.3, -0.25) is 5.10 Å². The maximum atomic E-state index is 5.87. The van der Waals surface area contributed by atoms with Crippen molar-refractivity contribution in [1.82, 2.24) is 10.2 Å². The molecule has 0 fully saturated rings. The van der Waals surface area contributed by atoms with Crippen LogP contribution in [0.5, 0.6) is 0 Å². The van der Waals surface area contributed by atoms with E-state index in [2.05, 4.69) is 42.1 Å². The summed E-state index contributed by atoms with van der Waals surface area (Å²) < 4.78 is 1.91. The van der Waals surface area contributed by atoms with Crippen LogP contribution in [0.2, 0.25) is 5.15 Å².